The molecule has 0 unspecified atom stereocenters. The Bertz CT molecular complexity index is 217. The van der Waals surface area contributed by atoms with Crippen LogP contribution < -0.4 is 10.0 Å². The molecule has 0 aromatic carbocycles. The van der Waals surface area contributed by atoms with Gasteiger partial charge in [0.1, 0.15) is 0 Å². The molecule has 0 aliphatic carbocycles. The van der Waals surface area contributed by atoms with Crippen LogP contribution in [0.3, 0.4) is 0 Å². The van der Waals surface area contributed by atoms with Gasteiger partial charge in [-0.2, -0.15) is 0 Å². The summed E-state index contributed by atoms with van der Waals surface area (Å²) >= 11 is 0. The van der Waals surface area contributed by atoms with E-state index in [4.69, 9.17) is 4.74 Å². The fourth-order valence-electron chi connectivity index (χ4n) is 0.937. The lowest BCUT2D eigenvalue weighted by molar-refractivity contribution is 0.199. The number of likely N-dealkylation sites (N-methyl/N-ethyl adjacent to an activating group) is 1. The van der Waals surface area contributed by atoms with E-state index < -0.39 is 10.0 Å². The van der Waals surface area contributed by atoms with Gasteiger partial charge in [-0.25, -0.2) is 13.1 Å². The summed E-state index contributed by atoms with van der Waals surface area (Å²) in [7, 11) is -1.54. The van der Waals surface area contributed by atoms with Gasteiger partial charge in [0.05, 0.1) is 5.75 Å². The highest BCUT2D eigenvalue weighted by Gasteiger charge is 2.07. The van der Waals surface area contributed by atoms with E-state index >= 15 is 0 Å². The third kappa shape index (κ3) is 8.43. The van der Waals surface area contributed by atoms with Crippen molar-refractivity contribution in [2.75, 3.05) is 39.1 Å². The highest BCUT2D eigenvalue weighted by Crippen LogP contribution is 1.89. The second-order valence-corrected chi connectivity index (χ2v) is 4.84. The summed E-state index contributed by atoms with van der Waals surface area (Å²) in [5.74, 6) is 0.132. The van der Waals surface area contributed by atoms with E-state index in [9.17, 15) is 8.42 Å². The monoisotopic (exact) mass is 224 g/mol. The van der Waals surface area contributed by atoms with Crippen LogP contribution in [0.2, 0.25) is 0 Å². The van der Waals surface area contributed by atoms with Crippen molar-refractivity contribution in [3.05, 3.63) is 0 Å². The van der Waals surface area contributed by atoms with Gasteiger partial charge in [-0.15, -0.1) is 0 Å². The van der Waals surface area contributed by atoms with Gasteiger partial charge >= 0.3 is 0 Å². The van der Waals surface area contributed by atoms with Crippen molar-refractivity contribution in [1.29, 1.82) is 0 Å². The minimum Gasteiger partial charge on any atom is -0.385 e. The molecule has 0 atom stereocenters. The molecule has 5 nitrogen and oxygen atoms in total. The van der Waals surface area contributed by atoms with Crippen LogP contribution in [0.15, 0.2) is 0 Å². The van der Waals surface area contributed by atoms with Crippen LogP contribution in [0, 0.1) is 0 Å². The minimum absolute atomic E-state index is 0.132. The Hall–Kier alpha value is -0.170. The number of methoxy groups -OCH3 is 1. The molecule has 0 aromatic rings. The summed E-state index contributed by atoms with van der Waals surface area (Å²) in [6.07, 6.45) is 0.535. The molecule has 0 fully saturated rings. The molecule has 14 heavy (non-hydrogen) atoms. The molecule has 0 aliphatic rings. The molecule has 6 heteroatoms. The Kier molecular flexibility index (Phi) is 8.07. The standard InChI is InChI=1S/C8H20N2O3S/c1-3-9-5-6-10-14(11,12)8-4-7-13-2/h9-10H,3-8H2,1-2H3. The molecule has 0 aromatic heterocycles. The van der Waals surface area contributed by atoms with E-state index in [-0.39, 0.29) is 5.75 Å². The van der Waals surface area contributed by atoms with Crippen LogP contribution in [0.5, 0.6) is 0 Å². The average molecular weight is 224 g/mol. The second-order valence-electron chi connectivity index (χ2n) is 2.91. The van der Waals surface area contributed by atoms with Crippen LogP contribution >= 0.6 is 0 Å². The SMILES string of the molecule is CCNCCNS(=O)(=O)CCCOC. The van der Waals surface area contributed by atoms with Gasteiger partial charge in [0, 0.05) is 26.8 Å². The molecule has 0 spiro atoms. The topological polar surface area (TPSA) is 67.4 Å². The smallest absolute Gasteiger partial charge is 0.211 e. The summed E-state index contributed by atoms with van der Waals surface area (Å²) in [6.45, 7) is 4.43. The molecular formula is C8H20N2O3S. The van der Waals surface area contributed by atoms with Crippen molar-refractivity contribution >= 4 is 10.0 Å². The third-order valence-corrected chi connectivity index (χ3v) is 3.11. The highest BCUT2D eigenvalue weighted by molar-refractivity contribution is 7.89. The highest BCUT2D eigenvalue weighted by atomic mass is 32.2. The number of nitrogens with one attached hydrogen (secondary N) is 2. The molecule has 0 bridgehead atoms. The third-order valence-electron chi connectivity index (χ3n) is 1.64. The molecule has 0 rings (SSSR count). The van der Waals surface area contributed by atoms with Crippen molar-refractivity contribution in [2.45, 2.75) is 13.3 Å². The van der Waals surface area contributed by atoms with E-state index in [1.165, 1.54) is 0 Å². The van der Waals surface area contributed by atoms with Crippen molar-refractivity contribution in [3.63, 3.8) is 0 Å². The molecule has 0 heterocycles. The molecule has 0 aliphatic heterocycles. The maximum Gasteiger partial charge on any atom is 0.211 e. The van der Waals surface area contributed by atoms with E-state index in [1.54, 1.807) is 7.11 Å². The van der Waals surface area contributed by atoms with Crippen molar-refractivity contribution in [2.24, 2.45) is 0 Å². The zero-order valence-electron chi connectivity index (χ0n) is 8.88. The zero-order chi connectivity index (χ0) is 10.9. The predicted octanol–water partition coefficient (Wildman–Crippen LogP) is -0.448. The maximum absolute atomic E-state index is 11.3. The fraction of sp³-hybridized carbons (Fsp3) is 1.00. The Morgan fingerprint density at radius 1 is 1.29 bits per heavy atom. The molecule has 0 radical (unpaired) electrons. The fourth-order valence-corrected chi connectivity index (χ4v) is 1.99. The summed E-state index contributed by atoms with van der Waals surface area (Å²) in [4.78, 5) is 0. The molecule has 2 N–H and O–H groups in total. The van der Waals surface area contributed by atoms with Gasteiger partial charge < -0.3 is 10.1 Å². The summed E-state index contributed by atoms with van der Waals surface area (Å²) < 4.78 is 29.8. The minimum atomic E-state index is -3.10. The first kappa shape index (κ1) is 13.8. The van der Waals surface area contributed by atoms with E-state index in [0.29, 0.717) is 26.1 Å². The summed E-state index contributed by atoms with van der Waals surface area (Å²) in [5, 5.41) is 3.04. The summed E-state index contributed by atoms with van der Waals surface area (Å²) in [5.41, 5.74) is 0. The lowest BCUT2D eigenvalue weighted by atomic mass is 10.5. The summed E-state index contributed by atoms with van der Waals surface area (Å²) in [6, 6.07) is 0. The van der Waals surface area contributed by atoms with Crippen molar-refractivity contribution < 1.29 is 13.2 Å². The number of hydrogen-bond donors (Lipinski definition) is 2. The number of ether oxygens (including phenoxy) is 1. The van der Waals surface area contributed by atoms with Gasteiger partial charge in [0.15, 0.2) is 0 Å². The van der Waals surface area contributed by atoms with Gasteiger partial charge in [0.25, 0.3) is 0 Å². The normalized spacial score (nSPS) is 11.9. The van der Waals surface area contributed by atoms with Crippen LogP contribution in [-0.4, -0.2) is 47.5 Å². The first-order chi connectivity index (χ1) is 6.62. The van der Waals surface area contributed by atoms with Crippen LogP contribution in [0.25, 0.3) is 0 Å². The quantitative estimate of drug-likeness (QED) is 0.521. The Morgan fingerprint density at radius 2 is 2.00 bits per heavy atom. The average Bonchev–Trinajstić information content (AvgIpc) is 2.13. The molecular weight excluding hydrogens is 204 g/mol. The number of rotatable bonds is 9. The predicted molar refractivity (Wildman–Crippen MR) is 56.8 cm³/mol. The molecule has 0 saturated carbocycles. The van der Waals surface area contributed by atoms with Gasteiger partial charge in [-0.05, 0) is 13.0 Å². The molecule has 0 amide bonds. The van der Waals surface area contributed by atoms with Gasteiger partial charge in [0.2, 0.25) is 10.0 Å². The first-order valence-electron chi connectivity index (χ1n) is 4.79. The van der Waals surface area contributed by atoms with Crippen LogP contribution in [-0.2, 0) is 14.8 Å². The molecule has 0 saturated heterocycles. The second kappa shape index (κ2) is 8.16. The van der Waals surface area contributed by atoms with E-state index in [2.05, 4.69) is 10.0 Å². The Balaban J connectivity index is 3.52. The lowest BCUT2D eigenvalue weighted by Gasteiger charge is -2.06. The largest absolute Gasteiger partial charge is 0.385 e. The Morgan fingerprint density at radius 3 is 2.57 bits per heavy atom. The van der Waals surface area contributed by atoms with Crippen molar-refractivity contribution in [1.82, 2.24) is 10.0 Å². The maximum atomic E-state index is 11.3. The van der Waals surface area contributed by atoms with Crippen molar-refractivity contribution in [3.8, 4) is 0 Å². The van der Waals surface area contributed by atoms with E-state index in [1.807, 2.05) is 6.92 Å². The Labute approximate surface area is 86.3 Å². The first-order valence-corrected chi connectivity index (χ1v) is 6.44. The van der Waals surface area contributed by atoms with Crippen LogP contribution in [0.1, 0.15) is 13.3 Å². The molecule has 86 valence electrons. The lowest BCUT2D eigenvalue weighted by Crippen LogP contribution is -2.33. The van der Waals surface area contributed by atoms with Gasteiger partial charge in [-0.1, -0.05) is 6.92 Å². The number of sulfonamides is 1. The number of hydrogen-bond acceptors (Lipinski definition) is 4. The van der Waals surface area contributed by atoms with Gasteiger partial charge in [-0.3, -0.25) is 0 Å². The van der Waals surface area contributed by atoms with E-state index in [0.717, 1.165) is 6.54 Å². The zero-order valence-corrected chi connectivity index (χ0v) is 9.69. The van der Waals surface area contributed by atoms with Crippen LogP contribution in [0.4, 0.5) is 0 Å².